The Morgan fingerprint density at radius 2 is 1.64 bits per heavy atom. The van der Waals surface area contributed by atoms with Crippen LogP contribution in [0.5, 0.6) is 11.5 Å². The van der Waals surface area contributed by atoms with Gasteiger partial charge in [-0.1, -0.05) is 12.1 Å². The van der Waals surface area contributed by atoms with Crippen LogP contribution < -0.4 is 15.2 Å². The molecule has 0 aliphatic heterocycles. The number of carbonyl (C=O) groups is 1. The maximum atomic E-state index is 12.7. The number of aliphatic carboxylic acids is 1. The molecule has 0 spiro atoms. The highest BCUT2D eigenvalue weighted by molar-refractivity contribution is 5.77. The number of rotatable bonds is 7. The number of alkyl halides is 3. The number of benzene rings is 2. The van der Waals surface area contributed by atoms with Gasteiger partial charge < -0.3 is 14.6 Å². The number of ether oxygens (including phenoxy) is 2. The minimum atomic E-state index is -4.81. The van der Waals surface area contributed by atoms with Gasteiger partial charge in [-0.25, -0.2) is 9.59 Å². The Bertz CT molecular complexity index is 1200. The molecule has 0 radical (unpaired) electrons. The molecule has 0 atom stereocenters. The second kappa shape index (κ2) is 8.64. The summed E-state index contributed by atoms with van der Waals surface area (Å²) in [6.45, 7) is 6.65. The number of hydrogen-bond donors (Lipinski definition) is 1. The summed E-state index contributed by atoms with van der Waals surface area (Å²) in [6, 6.07) is 8.35. The molecule has 0 fully saturated rings. The van der Waals surface area contributed by atoms with E-state index in [1.165, 1.54) is 36.9 Å². The first kappa shape index (κ1) is 23.9. The zero-order valence-electron chi connectivity index (χ0n) is 18.3. The monoisotopic (exact) mass is 465 g/mol. The highest BCUT2D eigenvalue weighted by Gasteiger charge is 2.31. The number of nitrogens with zero attached hydrogens (tertiary/aromatic N) is 3. The van der Waals surface area contributed by atoms with Crippen molar-refractivity contribution >= 4 is 5.97 Å². The number of carboxylic acids is 1. The minimum absolute atomic E-state index is 0.179. The molecular formula is C22H22F3N3O5. The average Bonchev–Trinajstić information content (AvgIpc) is 3.04. The van der Waals surface area contributed by atoms with E-state index in [0.29, 0.717) is 16.9 Å². The van der Waals surface area contributed by atoms with E-state index < -0.39 is 29.4 Å². The van der Waals surface area contributed by atoms with Crippen molar-refractivity contribution < 1.29 is 32.5 Å². The van der Waals surface area contributed by atoms with Crippen LogP contribution in [0.25, 0.3) is 5.69 Å². The van der Waals surface area contributed by atoms with E-state index in [4.69, 9.17) is 4.74 Å². The number of carboxylic acid groups (broad SMARTS) is 1. The Hall–Kier alpha value is -3.76. The van der Waals surface area contributed by atoms with Gasteiger partial charge in [0.2, 0.25) is 0 Å². The molecular weight excluding hydrogens is 443 g/mol. The molecule has 11 heteroatoms. The first-order valence-electron chi connectivity index (χ1n) is 9.80. The lowest BCUT2D eigenvalue weighted by Gasteiger charge is -2.24. The van der Waals surface area contributed by atoms with Crippen LogP contribution in [0.4, 0.5) is 13.2 Å². The predicted molar refractivity (Wildman–Crippen MR) is 112 cm³/mol. The molecule has 33 heavy (non-hydrogen) atoms. The summed E-state index contributed by atoms with van der Waals surface area (Å²) in [6.07, 6.45) is -3.48. The Labute approximate surface area is 186 Å². The van der Waals surface area contributed by atoms with Crippen LogP contribution in [-0.4, -0.2) is 37.4 Å². The third-order valence-electron chi connectivity index (χ3n) is 4.79. The Morgan fingerprint density at radius 1 is 1.06 bits per heavy atom. The maximum absolute atomic E-state index is 12.7. The fourth-order valence-electron chi connectivity index (χ4n) is 3.20. The summed E-state index contributed by atoms with van der Waals surface area (Å²) < 4.78 is 48.9. The van der Waals surface area contributed by atoms with Crippen LogP contribution in [0.1, 0.15) is 30.5 Å². The summed E-state index contributed by atoms with van der Waals surface area (Å²) in [5.41, 5.74) is 0.569. The van der Waals surface area contributed by atoms with E-state index in [1.54, 1.807) is 26.0 Å². The third-order valence-corrected chi connectivity index (χ3v) is 4.79. The summed E-state index contributed by atoms with van der Waals surface area (Å²) in [5.74, 6) is -1.05. The molecule has 3 rings (SSSR count). The molecule has 0 bridgehead atoms. The van der Waals surface area contributed by atoms with E-state index >= 15 is 0 Å². The molecule has 1 aromatic heterocycles. The van der Waals surface area contributed by atoms with Crippen molar-refractivity contribution in [3.63, 3.8) is 0 Å². The van der Waals surface area contributed by atoms with Gasteiger partial charge in [0, 0.05) is 0 Å². The van der Waals surface area contributed by atoms with Crippen molar-refractivity contribution in [2.45, 2.75) is 46.2 Å². The van der Waals surface area contributed by atoms with Crippen LogP contribution in [0.15, 0.2) is 47.5 Å². The van der Waals surface area contributed by atoms with Gasteiger partial charge in [-0.3, -0.25) is 4.57 Å². The standard InChI is InChI=1S/C22H22F3N3O5/c1-13-9-15(10-14(2)18(13)33-21(3,4)19(29)30)11-27-12-26-28(20(27)31)16-5-7-17(8-6-16)32-22(23,24)25/h5-10,12H,11H2,1-4H3,(H,29,30). The van der Waals surface area contributed by atoms with Crippen LogP contribution in [0.2, 0.25) is 0 Å². The Morgan fingerprint density at radius 3 is 2.15 bits per heavy atom. The van der Waals surface area contributed by atoms with Gasteiger partial charge >= 0.3 is 18.0 Å². The van der Waals surface area contributed by atoms with E-state index in [9.17, 15) is 27.9 Å². The summed E-state index contributed by atoms with van der Waals surface area (Å²) >= 11 is 0. The Balaban J connectivity index is 1.82. The third kappa shape index (κ3) is 5.54. The normalized spacial score (nSPS) is 12.0. The average molecular weight is 465 g/mol. The number of hydrogen-bond acceptors (Lipinski definition) is 5. The number of aromatic nitrogens is 3. The van der Waals surface area contributed by atoms with E-state index in [2.05, 4.69) is 9.84 Å². The van der Waals surface area contributed by atoms with Crippen LogP contribution in [-0.2, 0) is 11.3 Å². The van der Waals surface area contributed by atoms with Crippen molar-refractivity contribution in [1.29, 1.82) is 0 Å². The lowest BCUT2D eigenvalue weighted by atomic mass is 10.0. The largest absolute Gasteiger partial charge is 0.573 e. The summed E-state index contributed by atoms with van der Waals surface area (Å²) in [5, 5.41) is 13.3. The van der Waals surface area contributed by atoms with E-state index in [-0.39, 0.29) is 12.2 Å². The highest BCUT2D eigenvalue weighted by Crippen LogP contribution is 2.29. The number of aryl methyl sites for hydroxylation is 2. The lowest BCUT2D eigenvalue weighted by Crippen LogP contribution is -2.38. The first-order valence-corrected chi connectivity index (χ1v) is 9.80. The Kier molecular flexibility index (Phi) is 6.26. The maximum Gasteiger partial charge on any atom is 0.573 e. The molecule has 176 valence electrons. The fourth-order valence-corrected chi connectivity index (χ4v) is 3.20. The zero-order valence-corrected chi connectivity index (χ0v) is 18.3. The lowest BCUT2D eigenvalue weighted by molar-refractivity contribution is -0.274. The quantitative estimate of drug-likeness (QED) is 0.570. The van der Waals surface area contributed by atoms with Crippen molar-refractivity contribution in [3.8, 4) is 17.2 Å². The predicted octanol–water partition coefficient (Wildman–Crippen LogP) is 3.84. The minimum Gasteiger partial charge on any atom is -0.478 e. The van der Waals surface area contributed by atoms with Crippen molar-refractivity contribution in [1.82, 2.24) is 14.3 Å². The molecule has 0 unspecified atom stereocenters. The molecule has 8 nitrogen and oxygen atoms in total. The van der Waals surface area contributed by atoms with E-state index in [1.807, 2.05) is 0 Å². The summed E-state index contributed by atoms with van der Waals surface area (Å²) in [7, 11) is 0. The molecule has 0 saturated heterocycles. The van der Waals surface area contributed by atoms with Gasteiger partial charge in [0.1, 0.15) is 17.8 Å². The van der Waals surface area contributed by atoms with Gasteiger partial charge in [0.25, 0.3) is 0 Å². The second-order valence-electron chi connectivity index (χ2n) is 7.97. The molecule has 2 aromatic carbocycles. The van der Waals surface area contributed by atoms with Crippen LogP contribution in [0.3, 0.4) is 0 Å². The topological polar surface area (TPSA) is 95.6 Å². The molecule has 0 amide bonds. The molecule has 1 N–H and O–H groups in total. The molecule has 0 aliphatic rings. The zero-order chi connectivity index (χ0) is 24.6. The fraction of sp³-hybridized carbons (Fsp3) is 0.318. The van der Waals surface area contributed by atoms with Gasteiger partial charge in [0.15, 0.2) is 5.60 Å². The van der Waals surface area contributed by atoms with Gasteiger partial charge in [0.05, 0.1) is 12.2 Å². The summed E-state index contributed by atoms with van der Waals surface area (Å²) in [4.78, 5) is 24.1. The second-order valence-corrected chi connectivity index (χ2v) is 7.97. The van der Waals surface area contributed by atoms with Gasteiger partial charge in [-0.2, -0.15) is 9.78 Å². The van der Waals surface area contributed by atoms with E-state index in [0.717, 1.165) is 22.4 Å². The molecule has 0 aliphatic carbocycles. The molecule has 0 saturated carbocycles. The van der Waals surface area contributed by atoms with Gasteiger partial charge in [-0.05, 0) is 68.7 Å². The van der Waals surface area contributed by atoms with Crippen molar-refractivity contribution in [2.75, 3.05) is 0 Å². The van der Waals surface area contributed by atoms with Crippen molar-refractivity contribution in [2.24, 2.45) is 0 Å². The van der Waals surface area contributed by atoms with Crippen LogP contribution >= 0.6 is 0 Å². The van der Waals surface area contributed by atoms with Gasteiger partial charge in [-0.15, -0.1) is 13.2 Å². The van der Waals surface area contributed by atoms with Crippen molar-refractivity contribution in [3.05, 3.63) is 69.9 Å². The smallest absolute Gasteiger partial charge is 0.478 e. The molecule has 1 heterocycles. The first-order chi connectivity index (χ1) is 15.3. The highest BCUT2D eigenvalue weighted by atomic mass is 19.4. The molecule has 3 aromatic rings. The SMILES string of the molecule is Cc1cc(Cn2cnn(-c3ccc(OC(F)(F)F)cc3)c2=O)cc(C)c1OC(C)(C)C(=O)O. The number of halogens is 3. The van der Waals surface area contributed by atoms with Crippen LogP contribution in [0, 0.1) is 13.8 Å².